The number of nitrogens with one attached hydrogen (secondary N) is 1. The van der Waals surface area contributed by atoms with E-state index in [-0.39, 0.29) is 12.3 Å². The van der Waals surface area contributed by atoms with Crippen molar-refractivity contribution < 1.29 is 14.7 Å². The van der Waals surface area contributed by atoms with E-state index in [1.165, 1.54) is 0 Å². The number of nitrogens with zero attached hydrogens (tertiary/aromatic N) is 2. The summed E-state index contributed by atoms with van der Waals surface area (Å²) in [5.41, 5.74) is 1.09. The molecule has 1 fully saturated rings. The van der Waals surface area contributed by atoms with Gasteiger partial charge in [0, 0.05) is 32.0 Å². The van der Waals surface area contributed by atoms with Gasteiger partial charge in [0.2, 0.25) is 5.91 Å². The molecule has 0 spiro atoms. The van der Waals surface area contributed by atoms with Gasteiger partial charge in [0.15, 0.2) is 0 Å². The summed E-state index contributed by atoms with van der Waals surface area (Å²) in [5.74, 6) is -1.15. The molecule has 1 saturated heterocycles. The van der Waals surface area contributed by atoms with E-state index in [2.05, 4.69) is 10.3 Å². The SMILES string of the molecule is O=C(O)CC1C(=O)NCCN1CCc1cccnc1. The Morgan fingerprint density at radius 1 is 1.58 bits per heavy atom. The Bertz CT molecular complexity index is 450. The number of amides is 1. The van der Waals surface area contributed by atoms with E-state index in [0.29, 0.717) is 19.6 Å². The van der Waals surface area contributed by atoms with Crippen LogP contribution in [0.3, 0.4) is 0 Å². The number of pyridine rings is 1. The van der Waals surface area contributed by atoms with Gasteiger partial charge in [-0.3, -0.25) is 19.5 Å². The summed E-state index contributed by atoms with van der Waals surface area (Å²) in [6.45, 7) is 1.92. The molecule has 1 aliphatic rings. The van der Waals surface area contributed by atoms with Crippen molar-refractivity contribution in [3.63, 3.8) is 0 Å². The Balaban J connectivity index is 1.96. The molecule has 0 aromatic carbocycles. The third-order valence-electron chi connectivity index (χ3n) is 3.22. The molecule has 0 saturated carbocycles. The van der Waals surface area contributed by atoms with Crippen LogP contribution in [-0.4, -0.2) is 52.5 Å². The molecule has 2 heterocycles. The van der Waals surface area contributed by atoms with Gasteiger partial charge in [-0.25, -0.2) is 0 Å². The van der Waals surface area contributed by atoms with Gasteiger partial charge in [0.05, 0.1) is 12.5 Å². The predicted molar refractivity (Wildman–Crippen MR) is 68.6 cm³/mol. The molecule has 2 rings (SSSR count). The molecule has 1 unspecified atom stereocenters. The molecule has 1 amide bonds. The van der Waals surface area contributed by atoms with Crippen molar-refractivity contribution in [1.82, 2.24) is 15.2 Å². The van der Waals surface area contributed by atoms with Gasteiger partial charge in [-0.15, -0.1) is 0 Å². The first-order chi connectivity index (χ1) is 9.16. The van der Waals surface area contributed by atoms with Crippen molar-refractivity contribution in [2.45, 2.75) is 18.9 Å². The molecule has 6 nitrogen and oxygen atoms in total. The van der Waals surface area contributed by atoms with E-state index in [1.54, 1.807) is 12.4 Å². The highest BCUT2D eigenvalue weighted by atomic mass is 16.4. The van der Waals surface area contributed by atoms with Crippen LogP contribution in [0, 0.1) is 0 Å². The molecule has 0 aliphatic carbocycles. The van der Waals surface area contributed by atoms with Crippen LogP contribution >= 0.6 is 0 Å². The molecule has 0 bridgehead atoms. The van der Waals surface area contributed by atoms with E-state index in [9.17, 15) is 9.59 Å². The Labute approximate surface area is 111 Å². The van der Waals surface area contributed by atoms with Gasteiger partial charge in [0.1, 0.15) is 0 Å². The minimum absolute atomic E-state index is 0.154. The van der Waals surface area contributed by atoms with Crippen molar-refractivity contribution in [2.75, 3.05) is 19.6 Å². The van der Waals surface area contributed by atoms with Crippen molar-refractivity contribution in [1.29, 1.82) is 0 Å². The van der Waals surface area contributed by atoms with Crippen LogP contribution < -0.4 is 5.32 Å². The summed E-state index contributed by atoms with van der Waals surface area (Å²) in [5, 5.41) is 11.6. The minimum atomic E-state index is -0.951. The normalized spacial score (nSPS) is 20.0. The fourth-order valence-corrected chi connectivity index (χ4v) is 2.24. The quantitative estimate of drug-likeness (QED) is 0.775. The van der Waals surface area contributed by atoms with Gasteiger partial charge in [-0.05, 0) is 18.1 Å². The van der Waals surface area contributed by atoms with E-state index < -0.39 is 12.0 Å². The minimum Gasteiger partial charge on any atom is -0.481 e. The lowest BCUT2D eigenvalue weighted by Crippen LogP contribution is -2.56. The third-order valence-corrected chi connectivity index (χ3v) is 3.22. The number of aliphatic carboxylic acids is 1. The first-order valence-electron chi connectivity index (χ1n) is 6.29. The predicted octanol–water partition coefficient (Wildman–Crippen LogP) is -0.101. The molecule has 102 valence electrons. The Hall–Kier alpha value is -1.95. The van der Waals surface area contributed by atoms with Crippen LogP contribution in [0.5, 0.6) is 0 Å². The first kappa shape index (κ1) is 13.5. The smallest absolute Gasteiger partial charge is 0.305 e. The summed E-state index contributed by atoms with van der Waals surface area (Å²) in [4.78, 5) is 28.5. The summed E-state index contributed by atoms with van der Waals surface area (Å²) in [7, 11) is 0. The second-order valence-electron chi connectivity index (χ2n) is 4.55. The molecule has 1 aromatic rings. The fourth-order valence-electron chi connectivity index (χ4n) is 2.24. The highest BCUT2D eigenvalue weighted by Crippen LogP contribution is 2.10. The maximum Gasteiger partial charge on any atom is 0.305 e. The maximum atomic E-state index is 11.7. The molecule has 2 N–H and O–H groups in total. The Morgan fingerprint density at radius 2 is 2.42 bits per heavy atom. The Kier molecular flexibility index (Phi) is 4.46. The molecule has 19 heavy (non-hydrogen) atoms. The average molecular weight is 263 g/mol. The molecule has 1 atom stereocenters. The zero-order valence-corrected chi connectivity index (χ0v) is 10.6. The van der Waals surface area contributed by atoms with Crippen LogP contribution in [0.2, 0.25) is 0 Å². The van der Waals surface area contributed by atoms with E-state index >= 15 is 0 Å². The van der Waals surface area contributed by atoms with Crippen molar-refractivity contribution in [3.8, 4) is 0 Å². The summed E-state index contributed by atoms with van der Waals surface area (Å²) < 4.78 is 0. The second kappa shape index (κ2) is 6.29. The van der Waals surface area contributed by atoms with Crippen LogP contribution in [0.15, 0.2) is 24.5 Å². The number of piperazine rings is 1. The number of hydrogen-bond acceptors (Lipinski definition) is 4. The lowest BCUT2D eigenvalue weighted by Gasteiger charge is -2.34. The summed E-state index contributed by atoms with van der Waals surface area (Å²) in [6, 6.07) is 3.28. The van der Waals surface area contributed by atoms with Gasteiger partial charge in [-0.1, -0.05) is 6.07 Å². The van der Waals surface area contributed by atoms with Gasteiger partial charge >= 0.3 is 5.97 Å². The zero-order chi connectivity index (χ0) is 13.7. The molecule has 1 aliphatic heterocycles. The first-order valence-corrected chi connectivity index (χ1v) is 6.29. The van der Waals surface area contributed by atoms with Gasteiger partial charge in [0.25, 0.3) is 0 Å². The van der Waals surface area contributed by atoms with Gasteiger partial charge in [-0.2, -0.15) is 0 Å². The highest BCUT2D eigenvalue weighted by Gasteiger charge is 2.31. The van der Waals surface area contributed by atoms with Crippen molar-refractivity contribution >= 4 is 11.9 Å². The number of carbonyl (C=O) groups is 2. The fraction of sp³-hybridized carbons (Fsp3) is 0.462. The number of aromatic nitrogens is 1. The number of carbonyl (C=O) groups excluding carboxylic acids is 1. The second-order valence-corrected chi connectivity index (χ2v) is 4.55. The number of rotatable bonds is 5. The number of carboxylic acid groups (broad SMARTS) is 1. The number of carboxylic acids is 1. The molecule has 0 radical (unpaired) electrons. The van der Waals surface area contributed by atoms with E-state index in [1.807, 2.05) is 17.0 Å². The molecular weight excluding hydrogens is 246 g/mol. The van der Waals surface area contributed by atoms with Crippen LogP contribution in [-0.2, 0) is 16.0 Å². The molecule has 1 aromatic heterocycles. The van der Waals surface area contributed by atoms with E-state index in [0.717, 1.165) is 12.0 Å². The zero-order valence-electron chi connectivity index (χ0n) is 10.6. The van der Waals surface area contributed by atoms with E-state index in [4.69, 9.17) is 5.11 Å². The largest absolute Gasteiger partial charge is 0.481 e. The third kappa shape index (κ3) is 3.75. The number of hydrogen-bond donors (Lipinski definition) is 2. The van der Waals surface area contributed by atoms with Crippen LogP contribution in [0.25, 0.3) is 0 Å². The van der Waals surface area contributed by atoms with Crippen molar-refractivity contribution in [2.24, 2.45) is 0 Å². The Morgan fingerprint density at radius 3 is 3.11 bits per heavy atom. The average Bonchev–Trinajstić information content (AvgIpc) is 2.40. The maximum absolute atomic E-state index is 11.7. The topological polar surface area (TPSA) is 82.5 Å². The van der Waals surface area contributed by atoms with Crippen molar-refractivity contribution in [3.05, 3.63) is 30.1 Å². The molecule has 6 heteroatoms. The standard InChI is InChI=1S/C13H17N3O3/c17-12(18)8-11-13(19)15-5-7-16(11)6-3-10-2-1-4-14-9-10/h1-2,4,9,11H,3,5-8H2,(H,15,19)(H,17,18). The summed E-state index contributed by atoms with van der Waals surface area (Å²) >= 11 is 0. The highest BCUT2D eigenvalue weighted by molar-refractivity contribution is 5.86. The van der Waals surface area contributed by atoms with Gasteiger partial charge < -0.3 is 10.4 Å². The summed E-state index contributed by atoms with van der Waals surface area (Å²) in [6.07, 6.45) is 4.11. The molecular formula is C13H17N3O3. The monoisotopic (exact) mass is 263 g/mol. The lowest BCUT2D eigenvalue weighted by atomic mass is 10.1. The van der Waals surface area contributed by atoms with Crippen LogP contribution in [0.4, 0.5) is 0 Å². The lowest BCUT2D eigenvalue weighted by molar-refractivity contribution is -0.143. The van der Waals surface area contributed by atoms with Crippen LogP contribution in [0.1, 0.15) is 12.0 Å².